The van der Waals surface area contributed by atoms with Gasteiger partial charge in [0.15, 0.2) is 0 Å². The minimum atomic E-state index is -0.960. The van der Waals surface area contributed by atoms with E-state index in [4.69, 9.17) is 9.84 Å². The second-order valence-electron chi connectivity index (χ2n) is 7.39. The molecule has 1 amide bonds. The van der Waals surface area contributed by atoms with E-state index in [0.29, 0.717) is 31.2 Å². The van der Waals surface area contributed by atoms with Crippen molar-refractivity contribution in [3.05, 3.63) is 88.3 Å². The number of carbonyl (C=O) groups excluding carboxylic acids is 1. The Morgan fingerprint density at radius 1 is 0.903 bits per heavy atom. The fourth-order valence-corrected chi connectivity index (χ4v) is 4.55. The van der Waals surface area contributed by atoms with Crippen LogP contribution in [0.1, 0.15) is 31.2 Å². The number of carbonyl (C=O) groups is 2. The molecule has 1 aliphatic heterocycles. The number of rotatable bonds is 7. The third-order valence-electron chi connectivity index (χ3n) is 5.20. The molecule has 1 fully saturated rings. The molecule has 0 radical (unpaired) electrons. The normalized spacial score (nSPS) is 13.7. The molecule has 0 unspecified atom stereocenters. The number of anilines is 1. The van der Waals surface area contributed by atoms with Crippen LogP contribution in [-0.4, -0.2) is 48.2 Å². The Morgan fingerprint density at radius 2 is 1.55 bits per heavy atom. The zero-order valence-electron chi connectivity index (χ0n) is 17.1. The summed E-state index contributed by atoms with van der Waals surface area (Å²) in [5.41, 5.74) is 2.17. The molecule has 1 aliphatic rings. The Kier molecular flexibility index (Phi) is 6.64. The minimum absolute atomic E-state index is 0.0318. The van der Waals surface area contributed by atoms with Crippen LogP contribution in [-0.2, 0) is 17.8 Å². The average Bonchev–Trinajstić information content (AvgIpc) is 3.30. The molecule has 1 N–H and O–H groups in total. The van der Waals surface area contributed by atoms with Crippen LogP contribution in [0.25, 0.3) is 0 Å². The minimum Gasteiger partial charge on any atom is -0.478 e. The summed E-state index contributed by atoms with van der Waals surface area (Å²) in [4.78, 5) is 29.3. The number of hydrogen-bond donors (Lipinski definition) is 1. The van der Waals surface area contributed by atoms with E-state index in [-0.39, 0.29) is 11.5 Å². The van der Waals surface area contributed by atoms with Crippen molar-refractivity contribution in [3.63, 3.8) is 0 Å². The highest BCUT2D eigenvalue weighted by Crippen LogP contribution is 2.28. The maximum Gasteiger partial charge on any atom is 0.335 e. The van der Waals surface area contributed by atoms with E-state index in [2.05, 4.69) is 4.90 Å². The van der Waals surface area contributed by atoms with Gasteiger partial charge in [-0.15, -0.1) is 11.3 Å². The molecule has 3 aromatic rings. The Morgan fingerprint density at radius 3 is 2.19 bits per heavy atom. The Bertz CT molecular complexity index is 1030. The van der Waals surface area contributed by atoms with Crippen molar-refractivity contribution in [2.24, 2.45) is 0 Å². The van der Waals surface area contributed by atoms with Crippen molar-refractivity contribution in [2.45, 2.75) is 13.1 Å². The lowest BCUT2D eigenvalue weighted by Crippen LogP contribution is -2.35. The maximum absolute atomic E-state index is 13.4. The number of aromatic carboxylic acids is 1. The number of carboxylic acid groups (broad SMARTS) is 1. The van der Waals surface area contributed by atoms with Gasteiger partial charge in [-0.1, -0.05) is 42.5 Å². The fraction of sp³-hybridized carbons (Fsp3) is 0.250. The SMILES string of the molecule is O=C(O)c1ccc(CN(Cc2ccccc2)C(=O)c2ccc(N3CCOCC3)s2)cc1. The van der Waals surface area contributed by atoms with E-state index in [1.54, 1.807) is 29.2 Å². The van der Waals surface area contributed by atoms with Gasteiger partial charge in [0.2, 0.25) is 0 Å². The first-order chi connectivity index (χ1) is 15.1. The van der Waals surface area contributed by atoms with Gasteiger partial charge in [-0.25, -0.2) is 4.79 Å². The number of hydrogen-bond acceptors (Lipinski definition) is 5. The van der Waals surface area contributed by atoms with Gasteiger partial charge in [0.25, 0.3) is 5.91 Å². The van der Waals surface area contributed by atoms with Gasteiger partial charge >= 0.3 is 5.97 Å². The van der Waals surface area contributed by atoms with Crippen LogP contribution in [0, 0.1) is 0 Å². The molecule has 1 saturated heterocycles. The fourth-order valence-electron chi connectivity index (χ4n) is 3.53. The van der Waals surface area contributed by atoms with Gasteiger partial charge < -0.3 is 19.6 Å². The number of amides is 1. The van der Waals surface area contributed by atoms with E-state index in [9.17, 15) is 9.59 Å². The van der Waals surface area contributed by atoms with Crippen molar-refractivity contribution >= 4 is 28.2 Å². The van der Waals surface area contributed by atoms with Crippen molar-refractivity contribution in [1.29, 1.82) is 0 Å². The van der Waals surface area contributed by atoms with Gasteiger partial charge in [0.05, 0.1) is 28.7 Å². The molecular formula is C24H24N2O4S. The lowest BCUT2D eigenvalue weighted by atomic mass is 10.1. The number of ether oxygens (including phenoxy) is 1. The summed E-state index contributed by atoms with van der Waals surface area (Å²) in [6, 6.07) is 20.5. The Hall–Kier alpha value is -3.16. The van der Waals surface area contributed by atoms with Crippen LogP contribution in [0.4, 0.5) is 5.00 Å². The summed E-state index contributed by atoms with van der Waals surface area (Å²) >= 11 is 1.50. The zero-order valence-corrected chi connectivity index (χ0v) is 17.9. The lowest BCUT2D eigenvalue weighted by molar-refractivity contribution is 0.0693. The van der Waals surface area contributed by atoms with Gasteiger partial charge in [-0.2, -0.15) is 0 Å². The van der Waals surface area contributed by atoms with Gasteiger partial charge in [0, 0.05) is 26.2 Å². The summed E-state index contributed by atoms with van der Waals surface area (Å²) in [6.45, 7) is 3.94. The highest BCUT2D eigenvalue weighted by molar-refractivity contribution is 7.18. The monoisotopic (exact) mass is 436 g/mol. The number of benzene rings is 2. The number of carboxylic acids is 1. The number of thiophene rings is 1. The second kappa shape index (κ2) is 9.76. The van der Waals surface area contributed by atoms with E-state index >= 15 is 0 Å². The molecule has 0 atom stereocenters. The number of nitrogens with zero attached hydrogens (tertiary/aromatic N) is 2. The van der Waals surface area contributed by atoms with Crippen molar-refractivity contribution < 1.29 is 19.4 Å². The van der Waals surface area contributed by atoms with Crippen LogP contribution in [0.15, 0.2) is 66.7 Å². The molecule has 7 heteroatoms. The van der Waals surface area contributed by atoms with Crippen molar-refractivity contribution in [3.8, 4) is 0 Å². The summed E-state index contributed by atoms with van der Waals surface area (Å²) in [6.07, 6.45) is 0. The van der Waals surface area contributed by atoms with E-state index in [0.717, 1.165) is 29.2 Å². The number of morpholine rings is 1. The van der Waals surface area contributed by atoms with Crippen LogP contribution < -0.4 is 4.90 Å². The van der Waals surface area contributed by atoms with Crippen LogP contribution in [0.2, 0.25) is 0 Å². The van der Waals surface area contributed by atoms with Crippen LogP contribution in [0.3, 0.4) is 0 Å². The largest absolute Gasteiger partial charge is 0.478 e. The average molecular weight is 437 g/mol. The zero-order chi connectivity index (χ0) is 21.6. The van der Waals surface area contributed by atoms with Crippen LogP contribution in [0.5, 0.6) is 0 Å². The third kappa shape index (κ3) is 5.31. The first kappa shape index (κ1) is 21.1. The Labute approximate surface area is 185 Å². The van der Waals surface area contributed by atoms with Gasteiger partial charge in [-0.05, 0) is 35.4 Å². The van der Waals surface area contributed by atoms with Crippen molar-refractivity contribution in [1.82, 2.24) is 4.90 Å². The van der Waals surface area contributed by atoms with Gasteiger partial charge in [-0.3, -0.25) is 4.79 Å². The summed E-state index contributed by atoms with van der Waals surface area (Å²) in [5.74, 6) is -0.992. The summed E-state index contributed by atoms with van der Waals surface area (Å²) in [5, 5.41) is 10.2. The molecule has 6 nitrogen and oxygen atoms in total. The first-order valence-electron chi connectivity index (χ1n) is 10.2. The molecule has 2 aromatic carbocycles. The molecule has 0 saturated carbocycles. The summed E-state index contributed by atoms with van der Waals surface area (Å²) < 4.78 is 5.42. The molecule has 2 heterocycles. The Balaban J connectivity index is 1.55. The predicted octanol–water partition coefficient (Wildman–Crippen LogP) is 4.13. The maximum atomic E-state index is 13.4. The quantitative estimate of drug-likeness (QED) is 0.603. The molecule has 0 bridgehead atoms. The summed E-state index contributed by atoms with van der Waals surface area (Å²) in [7, 11) is 0. The predicted molar refractivity (Wildman–Crippen MR) is 121 cm³/mol. The smallest absolute Gasteiger partial charge is 0.335 e. The molecule has 160 valence electrons. The highest BCUT2D eigenvalue weighted by atomic mass is 32.1. The third-order valence-corrected chi connectivity index (χ3v) is 6.34. The standard InChI is InChI=1S/C24H24N2O4S/c27-23(21-10-11-22(31-21)25-12-14-30-15-13-25)26(16-18-4-2-1-3-5-18)17-19-6-8-20(9-7-19)24(28)29/h1-11H,12-17H2,(H,28,29). The van der Waals surface area contributed by atoms with Gasteiger partial charge in [0.1, 0.15) is 0 Å². The molecule has 4 rings (SSSR count). The molecule has 0 aliphatic carbocycles. The molecule has 0 spiro atoms. The molecule has 31 heavy (non-hydrogen) atoms. The highest BCUT2D eigenvalue weighted by Gasteiger charge is 2.21. The van der Waals surface area contributed by atoms with Crippen molar-refractivity contribution in [2.75, 3.05) is 31.2 Å². The topological polar surface area (TPSA) is 70.1 Å². The van der Waals surface area contributed by atoms with E-state index in [1.807, 2.05) is 42.5 Å². The van der Waals surface area contributed by atoms with E-state index < -0.39 is 5.97 Å². The lowest BCUT2D eigenvalue weighted by Gasteiger charge is -2.27. The van der Waals surface area contributed by atoms with Crippen LogP contribution >= 0.6 is 11.3 Å². The molecular weight excluding hydrogens is 412 g/mol. The van der Waals surface area contributed by atoms with E-state index in [1.165, 1.54) is 11.3 Å². The first-order valence-corrected chi connectivity index (χ1v) is 11.0. The molecule has 1 aromatic heterocycles. The second-order valence-corrected chi connectivity index (χ2v) is 8.45.